The maximum absolute atomic E-state index is 14.6. The summed E-state index contributed by atoms with van der Waals surface area (Å²) in [5.41, 5.74) is 10.1. The van der Waals surface area contributed by atoms with Crippen molar-refractivity contribution in [2.24, 2.45) is 23.7 Å². The van der Waals surface area contributed by atoms with Crippen molar-refractivity contribution >= 4 is 24.0 Å². The molecule has 0 radical (unpaired) electrons. The number of ether oxygens (including phenoxy) is 2. The van der Waals surface area contributed by atoms with Crippen LogP contribution in [0.1, 0.15) is 109 Å². The van der Waals surface area contributed by atoms with Gasteiger partial charge in [-0.3, -0.25) is 9.59 Å². The highest BCUT2D eigenvalue weighted by molar-refractivity contribution is 5.89. The molecule has 14 heteroatoms. The van der Waals surface area contributed by atoms with E-state index >= 15 is 0 Å². The van der Waals surface area contributed by atoms with Crippen molar-refractivity contribution in [3.8, 4) is 33.6 Å². The molecule has 8 atom stereocenters. The number of imidazole rings is 2. The van der Waals surface area contributed by atoms with E-state index in [4.69, 9.17) is 19.4 Å². The average Bonchev–Trinajstić information content (AvgIpc) is 4.25. The summed E-state index contributed by atoms with van der Waals surface area (Å²) in [5.74, 6) is 2.43. The number of alkyl carbamates (subject to hydrolysis) is 2. The third-order valence-electron chi connectivity index (χ3n) is 15.8. The molecule has 0 spiro atoms. The van der Waals surface area contributed by atoms with Gasteiger partial charge in [0.1, 0.15) is 23.7 Å². The summed E-state index contributed by atoms with van der Waals surface area (Å²) in [6, 6.07) is 29.6. The van der Waals surface area contributed by atoms with E-state index in [1.165, 1.54) is 36.5 Å². The van der Waals surface area contributed by atoms with Gasteiger partial charge in [-0.1, -0.05) is 111 Å². The summed E-state index contributed by atoms with van der Waals surface area (Å²) >= 11 is 0. The van der Waals surface area contributed by atoms with E-state index in [9.17, 15) is 19.2 Å². The Labute approximate surface area is 401 Å². The SMILES string of the molecule is COC(=O)N[C@@H](C(=O)N1C[C@@H]2CCCC[C@@H]2[C@H]1c1ncc(-c2ccc3c(c2)Cc2cc(-c4cnc([C@H]5[C@@H]6CCCC[C@@H]6CN5C(=O)[C@H](NC(=O)OC)c5ccccc5)[nH]4)ccc2-3)[nH]1)c1ccccc1. The molecule has 2 saturated carbocycles. The molecule has 354 valence electrons. The van der Waals surface area contributed by atoms with Gasteiger partial charge in [0, 0.05) is 13.1 Å². The van der Waals surface area contributed by atoms with Crippen LogP contribution in [-0.4, -0.2) is 81.0 Å². The number of rotatable bonds is 10. The number of fused-ring (bicyclic) bond motifs is 5. The lowest BCUT2D eigenvalue weighted by Crippen LogP contribution is -2.43. The molecule has 69 heavy (non-hydrogen) atoms. The van der Waals surface area contributed by atoms with Crippen molar-refractivity contribution in [1.29, 1.82) is 0 Å². The highest BCUT2D eigenvalue weighted by Gasteiger charge is 2.50. The van der Waals surface area contributed by atoms with Crippen molar-refractivity contribution in [2.75, 3.05) is 27.3 Å². The highest BCUT2D eigenvalue weighted by atomic mass is 16.5. The van der Waals surface area contributed by atoms with E-state index in [2.05, 4.69) is 57.0 Å². The number of amides is 4. The first-order valence-electron chi connectivity index (χ1n) is 24.5. The standard InChI is InChI=1S/C55H58N8O6/c1-68-54(66)60-46(32-13-5-3-6-14-32)52(64)62-30-36-17-9-11-19-42(36)48(62)50-56-28-44(58-50)34-21-23-40-38(25-34)27-39-26-35(22-24-41(39)40)45-29-57-51(59-45)49-43-20-12-10-18-37(43)31-63(49)53(65)47(61-55(67)69-2)33-15-7-4-8-16-33/h3-8,13-16,21-26,28-29,36-37,42-43,46-49H,9-12,17-20,27,30-31H2,1-2H3,(H,56,58)(H,57,59)(H,60,66)(H,61,67)/t36-,37+,42-,43+,46-,47-,48-,49+/m1/s1. The van der Waals surface area contributed by atoms with Crippen LogP contribution < -0.4 is 10.6 Å². The van der Waals surface area contributed by atoms with Crippen LogP contribution >= 0.6 is 0 Å². The first-order chi connectivity index (χ1) is 33.8. The smallest absolute Gasteiger partial charge is 0.407 e. The number of nitrogens with zero attached hydrogens (tertiary/aromatic N) is 4. The topological polar surface area (TPSA) is 175 Å². The Hall–Kier alpha value is -7.22. The molecular weight excluding hydrogens is 869 g/mol. The van der Waals surface area contributed by atoms with Gasteiger partial charge in [0.2, 0.25) is 0 Å². The van der Waals surface area contributed by atoms with Crippen LogP contribution in [0.3, 0.4) is 0 Å². The Morgan fingerprint density at radius 3 is 1.42 bits per heavy atom. The normalized spacial score (nSPS) is 23.2. The Morgan fingerprint density at radius 1 is 0.580 bits per heavy atom. The van der Waals surface area contributed by atoms with Gasteiger partial charge < -0.3 is 39.9 Å². The van der Waals surface area contributed by atoms with E-state index in [0.717, 1.165) is 92.0 Å². The van der Waals surface area contributed by atoms with Crippen molar-refractivity contribution in [1.82, 2.24) is 40.4 Å². The summed E-state index contributed by atoms with van der Waals surface area (Å²) < 4.78 is 9.91. The van der Waals surface area contributed by atoms with E-state index < -0.39 is 24.3 Å². The lowest BCUT2D eigenvalue weighted by atomic mass is 9.78. The van der Waals surface area contributed by atoms with Crippen LogP contribution in [0.2, 0.25) is 0 Å². The third kappa shape index (κ3) is 8.33. The van der Waals surface area contributed by atoms with Crippen LogP contribution in [0.25, 0.3) is 33.6 Å². The van der Waals surface area contributed by atoms with Crippen LogP contribution in [-0.2, 0) is 25.5 Å². The second-order valence-corrected chi connectivity index (χ2v) is 19.5. The Balaban J connectivity index is 0.834. The number of H-pyrrole nitrogens is 2. The Morgan fingerprint density at radius 2 is 1.00 bits per heavy atom. The summed E-state index contributed by atoms with van der Waals surface area (Å²) in [5, 5.41) is 5.63. The van der Waals surface area contributed by atoms with Gasteiger partial charge in [0.15, 0.2) is 0 Å². The number of carbonyl (C=O) groups excluding carboxylic acids is 4. The van der Waals surface area contributed by atoms with Crippen molar-refractivity contribution < 1.29 is 28.7 Å². The van der Waals surface area contributed by atoms with E-state index in [1.54, 1.807) is 0 Å². The molecule has 4 aromatic carbocycles. The zero-order valence-electron chi connectivity index (χ0n) is 39.0. The summed E-state index contributed by atoms with van der Waals surface area (Å²) in [7, 11) is 2.62. The first-order valence-corrected chi connectivity index (χ1v) is 24.5. The second kappa shape index (κ2) is 18.7. The molecule has 2 aromatic heterocycles. The fraction of sp³-hybridized carbons (Fsp3) is 0.382. The van der Waals surface area contributed by atoms with Gasteiger partial charge in [0.05, 0.1) is 50.1 Å². The maximum atomic E-state index is 14.6. The van der Waals surface area contributed by atoms with Crippen molar-refractivity contribution in [2.45, 2.75) is 82.0 Å². The summed E-state index contributed by atoms with van der Waals surface area (Å²) in [6.07, 6.45) is 11.9. The fourth-order valence-corrected chi connectivity index (χ4v) is 12.5. The minimum atomic E-state index is -0.890. The molecule has 11 rings (SSSR count). The number of aromatic nitrogens is 4. The van der Waals surface area contributed by atoms with Gasteiger partial charge >= 0.3 is 12.2 Å². The Kier molecular flexibility index (Phi) is 12.0. The van der Waals surface area contributed by atoms with Crippen LogP contribution in [0.15, 0.2) is 109 Å². The second-order valence-electron chi connectivity index (χ2n) is 19.5. The molecular formula is C55H58N8O6. The number of nitrogens with one attached hydrogen (secondary N) is 4. The monoisotopic (exact) mass is 926 g/mol. The molecule has 2 saturated heterocycles. The quantitative estimate of drug-likeness (QED) is 0.105. The maximum Gasteiger partial charge on any atom is 0.407 e. The van der Waals surface area contributed by atoms with Crippen molar-refractivity contribution in [3.63, 3.8) is 0 Å². The first kappa shape index (κ1) is 44.3. The lowest BCUT2D eigenvalue weighted by molar-refractivity contribution is -0.135. The Bertz CT molecular complexity index is 2690. The predicted octanol–water partition coefficient (Wildman–Crippen LogP) is 9.61. The van der Waals surface area contributed by atoms with E-state index in [0.29, 0.717) is 36.1 Å². The number of hydrogen-bond donors (Lipinski definition) is 4. The van der Waals surface area contributed by atoms with Crippen LogP contribution in [0.4, 0.5) is 9.59 Å². The average molecular weight is 927 g/mol. The molecule has 14 nitrogen and oxygen atoms in total. The summed E-state index contributed by atoms with van der Waals surface area (Å²) in [4.78, 5) is 75.5. The van der Waals surface area contributed by atoms with Gasteiger partial charge in [-0.05, 0) is 112 Å². The van der Waals surface area contributed by atoms with E-state index in [-0.39, 0.29) is 35.7 Å². The molecule has 6 aromatic rings. The third-order valence-corrected chi connectivity index (χ3v) is 15.8. The van der Waals surface area contributed by atoms with Crippen molar-refractivity contribution in [3.05, 3.63) is 143 Å². The number of aromatic amines is 2. The minimum Gasteiger partial charge on any atom is -0.453 e. The lowest BCUT2D eigenvalue weighted by Gasteiger charge is -2.31. The molecule has 4 amide bonds. The molecule has 4 heterocycles. The molecule has 0 unspecified atom stereocenters. The number of benzene rings is 4. The molecule has 4 N–H and O–H groups in total. The molecule has 3 aliphatic carbocycles. The van der Waals surface area contributed by atoms with Gasteiger partial charge in [-0.15, -0.1) is 0 Å². The fourth-order valence-electron chi connectivity index (χ4n) is 12.5. The minimum absolute atomic E-state index is 0.166. The number of likely N-dealkylation sites (tertiary alicyclic amines) is 2. The predicted molar refractivity (Wildman–Crippen MR) is 259 cm³/mol. The van der Waals surface area contributed by atoms with E-state index in [1.807, 2.05) is 82.9 Å². The number of hydrogen-bond acceptors (Lipinski definition) is 8. The molecule has 0 bridgehead atoms. The van der Waals surface area contributed by atoms with Crippen LogP contribution in [0, 0.1) is 23.7 Å². The number of carbonyl (C=O) groups is 4. The molecule has 5 aliphatic rings. The van der Waals surface area contributed by atoms with Gasteiger partial charge in [0.25, 0.3) is 11.8 Å². The van der Waals surface area contributed by atoms with Gasteiger partial charge in [-0.2, -0.15) is 0 Å². The highest BCUT2D eigenvalue weighted by Crippen LogP contribution is 2.50. The van der Waals surface area contributed by atoms with Gasteiger partial charge in [-0.25, -0.2) is 19.6 Å². The molecule has 2 aliphatic heterocycles. The summed E-state index contributed by atoms with van der Waals surface area (Å²) in [6.45, 7) is 1.22. The zero-order chi connectivity index (χ0) is 47.2. The zero-order valence-corrected chi connectivity index (χ0v) is 39.0. The molecule has 4 fully saturated rings. The number of methoxy groups -OCH3 is 2. The van der Waals surface area contributed by atoms with Crippen LogP contribution in [0.5, 0.6) is 0 Å². The largest absolute Gasteiger partial charge is 0.453 e.